The molecular formula is C19H19ClN4O. The van der Waals surface area contributed by atoms with Crippen molar-refractivity contribution in [2.45, 2.75) is 19.9 Å². The normalized spacial score (nSPS) is 12.0. The predicted octanol–water partition coefficient (Wildman–Crippen LogP) is 4.06. The number of pyridine rings is 1. The van der Waals surface area contributed by atoms with E-state index in [1.54, 1.807) is 29.0 Å². The van der Waals surface area contributed by atoms with E-state index in [4.69, 9.17) is 11.6 Å². The van der Waals surface area contributed by atoms with Crippen LogP contribution in [0, 0.1) is 6.92 Å². The number of carbonyl (C=O) groups is 1. The Morgan fingerprint density at radius 3 is 2.56 bits per heavy atom. The van der Waals surface area contributed by atoms with Crippen molar-refractivity contribution in [3.63, 3.8) is 0 Å². The topological polar surface area (TPSA) is 51.0 Å². The summed E-state index contributed by atoms with van der Waals surface area (Å²) < 4.78 is 1.67. The molecule has 0 spiro atoms. The zero-order valence-electron chi connectivity index (χ0n) is 14.3. The molecule has 0 aliphatic heterocycles. The average molecular weight is 355 g/mol. The lowest BCUT2D eigenvalue weighted by Crippen LogP contribution is -2.30. The summed E-state index contributed by atoms with van der Waals surface area (Å²) in [6.45, 7) is 3.86. The Kier molecular flexibility index (Phi) is 4.86. The number of rotatable bonds is 4. The van der Waals surface area contributed by atoms with Crippen molar-refractivity contribution in [3.8, 4) is 5.82 Å². The molecule has 1 amide bonds. The van der Waals surface area contributed by atoms with Crippen molar-refractivity contribution >= 4 is 17.5 Å². The molecule has 1 atom stereocenters. The highest BCUT2D eigenvalue weighted by molar-refractivity contribution is 6.30. The highest BCUT2D eigenvalue weighted by Crippen LogP contribution is 2.23. The molecule has 1 aromatic carbocycles. The first-order valence-electron chi connectivity index (χ1n) is 7.97. The van der Waals surface area contributed by atoms with Crippen molar-refractivity contribution in [1.29, 1.82) is 0 Å². The quantitative estimate of drug-likeness (QED) is 0.709. The van der Waals surface area contributed by atoms with Crippen molar-refractivity contribution in [2.24, 2.45) is 0 Å². The van der Waals surface area contributed by atoms with E-state index >= 15 is 0 Å². The van der Waals surface area contributed by atoms with E-state index in [-0.39, 0.29) is 11.9 Å². The number of nitrogens with zero attached hydrogens (tertiary/aromatic N) is 4. The fraction of sp³-hybridized carbons (Fsp3) is 0.211. The summed E-state index contributed by atoms with van der Waals surface area (Å²) in [5, 5.41) is 5.00. The van der Waals surface area contributed by atoms with Gasteiger partial charge >= 0.3 is 0 Å². The van der Waals surface area contributed by atoms with Gasteiger partial charge in [-0.15, -0.1) is 0 Å². The van der Waals surface area contributed by atoms with Gasteiger partial charge in [0.05, 0.1) is 23.5 Å². The molecule has 0 N–H and O–H groups in total. The fourth-order valence-electron chi connectivity index (χ4n) is 2.66. The van der Waals surface area contributed by atoms with E-state index in [0.717, 1.165) is 11.3 Å². The van der Waals surface area contributed by atoms with Gasteiger partial charge in [-0.05, 0) is 43.7 Å². The van der Waals surface area contributed by atoms with Gasteiger partial charge in [0, 0.05) is 18.3 Å². The van der Waals surface area contributed by atoms with Crippen LogP contribution in [-0.2, 0) is 0 Å². The summed E-state index contributed by atoms with van der Waals surface area (Å²) in [4.78, 5) is 18.9. The first-order chi connectivity index (χ1) is 12.0. The maximum absolute atomic E-state index is 12.9. The second kappa shape index (κ2) is 7.07. The maximum atomic E-state index is 12.9. The summed E-state index contributed by atoms with van der Waals surface area (Å²) in [5.41, 5.74) is 2.35. The number of aromatic nitrogens is 3. The first-order valence-corrected chi connectivity index (χ1v) is 8.35. The van der Waals surface area contributed by atoms with E-state index in [1.165, 1.54) is 0 Å². The molecule has 1 unspecified atom stereocenters. The van der Waals surface area contributed by atoms with Crippen LogP contribution >= 0.6 is 11.6 Å². The van der Waals surface area contributed by atoms with E-state index < -0.39 is 0 Å². The smallest absolute Gasteiger partial charge is 0.257 e. The molecule has 0 radical (unpaired) electrons. The molecular weight excluding hydrogens is 336 g/mol. The Balaban J connectivity index is 1.85. The Morgan fingerprint density at radius 2 is 1.92 bits per heavy atom. The standard InChI is InChI=1S/C19H19ClN4O/c1-13(15-7-9-16(20)10-8-15)23(3)19(25)17-12-22-24(14(17)2)18-6-4-5-11-21-18/h4-13H,1-3H3. The molecule has 3 aromatic rings. The van der Waals surface area contributed by atoms with Gasteiger partial charge in [-0.2, -0.15) is 5.10 Å². The zero-order chi connectivity index (χ0) is 18.0. The Labute approximate surface area is 151 Å². The fourth-order valence-corrected chi connectivity index (χ4v) is 2.79. The average Bonchev–Trinajstić information content (AvgIpc) is 3.02. The van der Waals surface area contributed by atoms with Gasteiger partial charge in [0.2, 0.25) is 0 Å². The molecule has 2 aromatic heterocycles. The van der Waals surface area contributed by atoms with E-state index in [0.29, 0.717) is 16.4 Å². The van der Waals surface area contributed by atoms with Gasteiger partial charge in [-0.1, -0.05) is 29.8 Å². The molecule has 5 nitrogen and oxygen atoms in total. The number of hydrogen-bond acceptors (Lipinski definition) is 3. The minimum absolute atomic E-state index is 0.0811. The van der Waals surface area contributed by atoms with Crippen LogP contribution in [0.15, 0.2) is 54.9 Å². The molecule has 0 fully saturated rings. The number of carbonyl (C=O) groups excluding carboxylic acids is 1. The number of halogens is 1. The monoisotopic (exact) mass is 354 g/mol. The van der Waals surface area contributed by atoms with E-state index in [2.05, 4.69) is 10.1 Å². The van der Waals surface area contributed by atoms with Crippen LogP contribution in [0.25, 0.3) is 5.82 Å². The lowest BCUT2D eigenvalue weighted by molar-refractivity contribution is 0.0742. The number of hydrogen-bond donors (Lipinski definition) is 0. The predicted molar refractivity (Wildman–Crippen MR) is 98.1 cm³/mol. The van der Waals surface area contributed by atoms with Gasteiger partial charge in [0.1, 0.15) is 0 Å². The van der Waals surface area contributed by atoms with Crippen LogP contribution < -0.4 is 0 Å². The molecule has 0 aliphatic carbocycles. The molecule has 3 rings (SSSR count). The third kappa shape index (κ3) is 3.42. The third-order valence-corrected chi connectivity index (χ3v) is 4.61. The third-order valence-electron chi connectivity index (χ3n) is 4.36. The van der Waals surface area contributed by atoms with Crippen LogP contribution in [-0.4, -0.2) is 32.6 Å². The van der Waals surface area contributed by atoms with Gasteiger partial charge < -0.3 is 4.90 Å². The lowest BCUT2D eigenvalue weighted by Gasteiger charge is -2.25. The molecule has 128 valence electrons. The van der Waals surface area contributed by atoms with Crippen molar-refractivity contribution < 1.29 is 4.79 Å². The van der Waals surface area contributed by atoms with Crippen LogP contribution in [0.5, 0.6) is 0 Å². The minimum Gasteiger partial charge on any atom is -0.335 e. The van der Waals surface area contributed by atoms with Gasteiger partial charge in [0.15, 0.2) is 5.82 Å². The lowest BCUT2D eigenvalue weighted by atomic mass is 10.1. The van der Waals surface area contributed by atoms with Crippen LogP contribution in [0.3, 0.4) is 0 Å². The molecule has 6 heteroatoms. The second-order valence-corrected chi connectivity index (χ2v) is 6.32. The molecule has 0 aliphatic rings. The largest absolute Gasteiger partial charge is 0.335 e. The molecule has 0 saturated carbocycles. The Bertz CT molecular complexity index is 874. The zero-order valence-corrected chi connectivity index (χ0v) is 15.1. The van der Waals surface area contributed by atoms with Crippen molar-refractivity contribution in [3.05, 3.63) is 76.7 Å². The van der Waals surface area contributed by atoms with Crippen LogP contribution in [0.1, 0.15) is 34.6 Å². The van der Waals surface area contributed by atoms with Crippen molar-refractivity contribution in [1.82, 2.24) is 19.7 Å². The summed E-state index contributed by atoms with van der Waals surface area (Å²) in [5.74, 6) is 0.606. The molecule has 2 heterocycles. The Morgan fingerprint density at radius 1 is 1.20 bits per heavy atom. The molecule has 0 bridgehead atoms. The molecule has 0 saturated heterocycles. The maximum Gasteiger partial charge on any atom is 0.257 e. The molecule has 25 heavy (non-hydrogen) atoms. The van der Waals surface area contributed by atoms with Crippen molar-refractivity contribution in [2.75, 3.05) is 7.05 Å². The first kappa shape index (κ1) is 17.2. The summed E-state index contributed by atoms with van der Waals surface area (Å²) in [7, 11) is 1.79. The van der Waals surface area contributed by atoms with Gasteiger partial charge in [-0.3, -0.25) is 4.79 Å². The highest BCUT2D eigenvalue weighted by atomic mass is 35.5. The Hall–Kier alpha value is -2.66. The van der Waals surface area contributed by atoms with E-state index in [1.807, 2.05) is 56.3 Å². The van der Waals surface area contributed by atoms with Crippen LogP contribution in [0.2, 0.25) is 5.02 Å². The number of amides is 1. The summed E-state index contributed by atoms with van der Waals surface area (Å²) in [6.07, 6.45) is 3.30. The van der Waals surface area contributed by atoms with E-state index in [9.17, 15) is 4.79 Å². The summed E-state index contributed by atoms with van der Waals surface area (Å²) in [6, 6.07) is 13.0. The van der Waals surface area contributed by atoms with Gasteiger partial charge in [-0.25, -0.2) is 9.67 Å². The van der Waals surface area contributed by atoms with Gasteiger partial charge in [0.25, 0.3) is 5.91 Å². The van der Waals surface area contributed by atoms with Crippen LogP contribution in [0.4, 0.5) is 0 Å². The highest BCUT2D eigenvalue weighted by Gasteiger charge is 2.23. The second-order valence-electron chi connectivity index (χ2n) is 5.89. The number of benzene rings is 1. The minimum atomic E-state index is -0.0814. The summed E-state index contributed by atoms with van der Waals surface area (Å²) >= 11 is 5.94. The SMILES string of the molecule is Cc1c(C(=O)N(C)C(C)c2ccc(Cl)cc2)cnn1-c1ccccn1.